The fourth-order valence-corrected chi connectivity index (χ4v) is 11.7. The van der Waals surface area contributed by atoms with Crippen LogP contribution in [0.3, 0.4) is 0 Å². The maximum atomic E-state index is 13.3. The number of benzene rings is 2. The first-order chi connectivity index (χ1) is 33.0. The van der Waals surface area contributed by atoms with Crippen LogP contribution in [0.1, 0.15) is 0 Å². The van der Waals surface area contributed by atoms with E-state index in [1.165, 1.54) is 47.6 Å². The monoisotopic (exact) mass is 1040 g/mol. The number of fused-ring (bicyclic) bond motifs is 2. The molecule has 69 heavy (non-hydrogen) atoms. The number of aromatic nitrogens is 12. The normalized spacial score (nSPS) is 14.9. The Kier molecular flexibility index (Phi) is 14.7. The molecule has 2 fully saturated rings. The molecule has 0 saturated carbocycles. The lowest BCUT2D eigenvalue weighted by molar-refractivity contribution is 0.355. The Morgan fingerprint density at radius 3 is 1.52 bits per heavy atom. The highest BCUT2D eigenvalue weighted by Gasteiger charge is 2.33. The van der Waals surface area contributed by atoms with E-state index < -0.39 is 20.0 Å². The second-order valence-corrected chi connectivity index (χ2v) is 20.7. The first-order valence-corrected chi connectivity index (χ1v) is 25.1. The Labute approximate surface area is 412 Å². The van der Waals surface area contributed by atoms with Crippen molar-refractivity contribution >= 4 is 83.0 Å². The highest BCUT2D eigenvalue weighted by atomic mass is 35.5. The van der Waals surface area contributed by atoms with Gasteiger partial charge in [-0.2, -0.15) is 18.8 Å². The maximum absolute atomic E-state index is 13.3. The van der Waals surface area contributed by atoms with E-state index in [-0.39, 0.29) is 28.6 Å². The van der Waals surface area contributed by atoms with E-state index in [0.29, 0.717) is 88.4 Å². The lowest BCUT2D eigenvalue weighted by Gasteiger charge is -2.34. The molecule has 8 heterocycles. The van der Waals surface area contributed by atoms with Gasteiger partial charge in [0.25, 0.3) is 0 Å². The number of methoxy groups -OCH3 is 2. The van der Waals surface area contributed by atoms with E-state index in [1.54, 1.807) is 46.0 Å². The number of hydrogen-bond donors (Lipinski definition) is 1. The largest absolute Gasteiger partial charge is 0.495 e. The Bertz CT molecular complexity index is 3370. The van der Waals surface area contributed by atoms with E-state index in [1.807, 2.05) is 54.6 Å². The van der Waals surface area contributed by atoms with Gasteiger partial charge in [0.05, 0.1) is 37.7 Å². The van der Waals surface area contributed by atoms with Crippen LogP contribution in [0.5, 0.6) is 11.5 Å². The Morgan fingerprint density at radius 1 is 0.594 bits per heavy atom. The zero-order chi connectivity index (χ0) is 49.2. The number of nitrogens with zero attached hydrogens (tertiary/aromatic N) is 15. The topological polar surface area (TPSA) is 231 Å². The first kappa shape index (κ1) is 49.4. The van der Waals surface area contributed by atoms with Crippen molar-refractivity contribution < 1.29 is 26.3 Å². The molecular formula is C42H47Cl3N16O6S2. The summed E-state index contributed by atoms with van der Waals surface area (Å²) in [6.45, 7) is 3.69. The molecule has 0 unspecified atom stereocenters. The quantitative estimate of drug-likeness (QED) is 0.199. The van der Waals surface area contributed by atoms with E-state index in [0.717, 1.165) is 22.8 Å². The number of imidazole rings is 2. The summed E-state index contributed by atoms with van der Waals surface area (Å²) in [6.07, 6.45) is 10.2. The fourth-order valence-electron chi connectivity index (χ4n) is 7.79. The third-order valence-electron chi connectivity index (χ3n) is 11.3. The third-order valence-corrected chi connectivity index (χ3v) is 15.9. The van der Waals surface area contributed by atoms with Crippen LogP contribution in [0.15, 0.2) is 83.6 Å². The summed E-state index contributed by atoms with van der Waals surface area (Å²) in [5.41, 5.74) is 4.48. The number of ether oxygens (including phenoxy) is 2. The van der Waals surface area contributed by atoms with Crippen molar-refractivity contribution in [2.24, 2.45) is 28.2 Å². The molecule has 2 aliphatic heterocycles. The van der Waals surface area contributed by atoms with Crippen molar-refractivity contribution in [2.45, 2.75) is 9.79 Å². The zero-order valence-electron chi connectivity index (χ0n) is 38.2. The standard InChI is InChI=1S/C21H23ClN8O3S.C11H15ClN2O3S.C10H9ClN6/c1-27-12-14(11-25-27)19-26-18-20(28(19)2)23-13-24-21(18)29-6-8-30(9-7-29)34(31,32)17-10-15(22)4-5-16(17)33-3;1-17-10-3-2-9(12)8-11(10)18(15,16)14-6-4-13-5-7-14;1-16-4-6(3-14-16)9-15-7-8(11)12-5-13-10(7)17(9)2/h4-5,10-13H,6-9H2,1-3H3;2-3,8,13H,4-7H2,1H3;3-5H,1-2H3. The van der Waals surface area contributed by atoms with Crippen LogP contribution in [-0.2, 0) is 48.2 Å². The van der Waals surface area contributed by atoms with E-state index in [9.17, 15) is 16.8 Å². The molecule has 0 amide bonds. The molecule has 2 aliphatic rings. The molecule has 364 valence electrons. The first-order valence-electron chi connectivity index (χ1n) is 21.1. The Morgan fingerprint density at radius 2 is 1.06 bits per heavy atom. The van der Waals surface area contributed by atoms with Gasteiger partial charge in [0.1, 0.15) is 51.1 Å². The average molecular weight is 1040 g/mol. The van der Waals surface area contributed by atoms with Gasteiger partial charge in [-0.3, -0.25) is 9.36 Å². The number of piperazine rings is 2. The Balaban J connectivity index is 0.000000154. The summed E-state index contributed by atoms with van der Waals surface area (Å²) in [7, 11) is 3.06. The van der Waals surface area contributed by atoms with Gasteiger partial charge in [-0.05, 0) is 36.4 Å². The average Bonchev–Trinajstić information content (AvgIpc) is 4.15. The van der Waals surface area contributed by atoms with Crippen LogP contribution in [-0.4, -0.2) is 151 Å². The molecule has 10 rings (SSSR count). The van der Waals surface area contributed by atoms with Crippen molar-refractivity contribution in [1.82, 2.24) is 72.5 Å². The van der Waals surface area contributed by atoms with Crippen LogP contribution in [0, 0.1) is 0 Å². The Hall–Kier alpha value is -5.99. The molecule has 0 radical (unpaired) electrons. The van der Waals surface area contributed by atoms with Gasteiger partial charge >= 0.3 is 0 Å². The summed E-state index contributed by atoms with van der Waals surface area (Å²) in [5, 5.41) is 12.5. The van der Waals surface area contributed by atoms with E-state index in [2.05, 4.69) is 40.4 Å². The van der Waals surface area contributed by atoms with Gasteiger partial charge in [0.15, 0.2) is 27.8 Å². The number of aryl methyl sites for hydroxylation is 4. The highest BCUT2D eigenvalue weighted by Crippen LogP contribution is 2.33. The smallest absolute Gasteiger partial charge is 0.246 e. The van der Waals surface area contributed by atoms with Gasteiger partial charge in [-0.15, -0.1) is 0 Å². The summed E-state index contributed by atoms with van der Waals surface area (Å²) in [5.74, 6) is 2.77. The number of anilines is 1. The number of rotatable bonds is 9. The zero-order valence-corrected chi connectivity index (χ0v) is 42.1. The summed E-state index contributed by atoms with van der Waals surface area (Å²) in [6, 6.07) is 9.19. The lowest BCUT2D eigenvalue weighted by atomic mass is 10.3. The number of hydrogen-bond acceptors (Lipinski definition) is 16. The summed E-state index contributed by atoms with van der Waals surface area (Å²) in [4.78, 5) is 28.5. The predicted molar refractivity (Wildman–Crippen MR) is 261 cm³/mol. The lowest BCUT2D eigenvalue weighted by Crippen LogP contribution is -2.49. The van der Waals surface area contributed by atoms with Gasteiger partial charge in [-0.1, -0.05) is 34.8 Å². The molecule has 1 N–H and O–H groups in total. The molecule has 0 atom stereocenters. The second-order valence-electron chi connectivity index (χ2n) is 15.6. The molecule has 0 bridgehead atoms. The minimum Gasteiger partial charge on any atom is -0.495 e. The molecule has 6 aromatic heterocycles. The molecule has 27 heteroatoms. The van der Waals surface area contributed by atoms with Crippen molar-refractivity contribution in [3.63, 3.8) is 0 Å². The van der Waals surface area contributed by atoms with Crippen molar-refractivity contribution in [3.8, 4) is 34.3 Å². The minimum atomic E-state index is -3.78. The predicted octanol–water partition coefficient (Wildman–Crippen LogP) is 4.30. The highest BCUT2D eigenvalue weighted by molar-refractivity contribution is 7.89. The number of sulfonamides is 2. The van der Waals surface area contributed by atoms with Crippen LogP contribution < -0.4 is 19.7 Å². The summed E-state index contributed by atoms with van der Waals surface area (Å²) < 4.78 is 72.0. The summed E-state index contributed by atoms with van der Waals surface area (Å²) >= 11 is 17.9. The van der Waals surface area contributed by atoms with Crippen LogP contribution in [0.4, 0.5) is 5.82 Å². The molecule has 2 saturated heterocycles. The molecule has 0 aliphatic carbocycles. The molecule has 8 aromatic rings. The van der Waals surface area contributed by atoms with Crippen LogP contribution >= 0.6 is 34.8 Å². The molecular weight excluding hydrogens is 995 g/mol. The van der Waals surface area contributed by atoms with Crippen LogP contribution in [0.2, 0.25) is 15.2 Å². The van der Waals surface area contributed by atoms with Gasteiger partial charge < -0.3 is 28.8 Å². The van der Waals surface area contributed by atoms with Crippen molar-refractivity contribution in [1.29, 1.82) is 0 Å². The second kappa shape index (κ2) is 20.5. The van der Waals surface area contributed by atoms with Crippen molar-refractivity contribution in [3.05, 3.63) is 89.0 Å². The molecule has 22 nitrogen and oxygen atoms in total. The number of nitrogens with one attached hydrogen (secondary N) is 1. The van der Waals surface area contributed by atoms with E-state index in [4.69, 9.17) is 49.3 Å². The van der Waals surface area contributed by atoms with E-state index >= 15 is 0 Å². The fraction of sp³-hybridized carbons (Fsp3) is 0.333. The minimum absolute atomic E-state index is 0.0613. The molecule has 2 aromatic carbocycles. The number of halogens is 3. The third kappa shape index (κ3) is 10.2. The maximum Gasteiger partial charge on any atom is 0.246 e. The molecule has 0 spiro atoms. The van der Waals surface area contributed by atoms with Gasteiger partial charge in [0.2, 0.25) is 20.0 Å². The van der Waals surface area contributed by atoms with Crippen LogP contribution in [0.25, 0.3) is 45.1 Å². The SMILES string of the molecule is COc1ccc(Cl)cc1S(=O)(=O)N1CCN(c2ncnc3c2nc(-c2cnn(C)c2)n3C)CC1.COc1ccc(Cl)cc1S(=O)(=O)N1CCNCC1.Cn1cc(-c2nc3c(Cl)ncnc3n2C)cn1. The van der Waals surface area contributed by atoms with Gasteiger partial charge in [0, 0.05) is 103 Å². The van der Waals surface area contributed by atoms with Gasteiger partial charge in [-0.25, -0.2) is 46.7 Å². The van der Waals surface area contributed by atoms with Crippen molar-refractivity contribution in [2.75, 3.05) is 71.5 Å².